The number of nitrogens with one attached hydrogen (secondary N) is 3. The molecule has 4 aliphatic rings. The lowest BCUT2D eigenvalue weighted by atomic mass is 9.90. The molecule has 3 aromatic rings. The molecule has 0 bridgehead atoms. The molecule has 11 amide bonds. The van der Waals surface area contributed by atoms with Crippen molar-refractivity contribution in [1.29, 1.82) is 0 Å². The highest BCUT2D eigenvalue weighted by atomic mass is 19.4. The fourth-order valence-corrected chi connectivity index (χ4v) is 14.7. The lowest BCUT2D eigenvalue weighted by Gasteiger charge is -2.45. The molecule has 1 saturated carbocycles. The van der Waals surface area contributed by atoms with Crippen molar-refractivity contribution in [2.45, 2.75) is 216 Å². The molecule has 1 spiro atoms. The van der Waals surface area contributed by atoms with Crippen LogP contribution >= 0.6 is 0 Å². The average molecular weight is 1530 g/mol. The van der Waals surface area contributed by atoms with Gasteiger partial charge in [0, 0.05) is 81.8 Å². The predicted molar refractivity (Wildman–Crippen MR) is 382 cm³/mol. The Morgan fingerprint density at radius 3 is 1.68 bits per heavy atom. The Morgan fingerprint density at radius 1 is 0.565 bits per heavy atom. The Hall–Kier alpha value is -8.81. The summed E-state index contributed by atoms with van der Waals surface area (Å²) in [6, 6.07) is -0.171. The van der Waals surface area contributed by atoms with Crippen LogP contribution < -0.4 is 16.0 Å². The highest BCUT2D eigenvalue weighted by molar-refractivity contribution is 6.00. The number of halogens is 8. The summed E-state index contributed by atoms with van der Waals surface area (Å²) < 4.78 is 114. The second-order valence-electron chi connectivity index (χ2n) is 29.6. The van der Waals surface area contributed by atoms with Crippen molar-refractivity contribution in [1.82, 2.24) is 60.0 Å². The van der Waals surface area contributed by atoms with Crippen molar-refractivity contribution < 1.29 is 93.0 Å². The van der Waals surface area contributed by atoms with Gasteiger partial charge in [0.2, 0.25) is 65.0 Å². The molecule has 7 rings (SSSR count). The van der Waals surface area contributed by atoms with Crippen molar-refractivity contribution in [3.05, 3.63) is 106 Å². The van der Waals surface area contributed by atoms with Crippen molar-refractivity contribution in [3.63, 3.8) is 0 Å². The number of amides is 11. The van der Waals surface area contributed by atoms with Crippen molar-refractivity contribution in [2.75, 3.05) is 75.5 Å². The number of benzene rings is 3. The van der Waals surface area contributed by atoms with Crippen LogP contribution in [0.5, 0.6) is 0 Å². The number of nitrogens with zero attached hydrogens (tertiary/aromatic N) is 9. The van der Waals surface area contributed by atoms with Crippen molar-refractivity contribution >= 4 is 65.0 Å². The van der Waals surface area contributed by atoms with Crippen LogP contribution in [0.2, 0.25) is 0 Å². The first-order chi connectivity index (χ1) is 50.6. The number of hydrogen-bond acceptors (Lipinski definition) is 13. The van der Waals surface area contributed by atoms with Gasteiger partial charge in [0.25, 0.3) is 0 Å². The number of carbonyl (C=O) groups is 11. The number of piperidine rings is 1. The van der Waals surface area contributed by atoms with Gasteiger partial charge in [0.05, 0.1) is 24.6 Å². The third-order valence-corrected chi connectivity index (χ3v) is 22.4. The predicted octanol–water partition coefficient (Wildman–Crippen LogP) is 6.18. The largest absolute Gasteiger partial charge is 0.422 e. The van der Waals surface area contributed by atoms with Crippen LogP contribution in [0, 0.1) is 23.5 Å². The SMILES string of the molecule is CC[C@H](C)[C@@H]1NC(=O)[C@H](C)N(C)C(=O)C[C@@H](C(O)N2CCCCC2)N(C)C(=O)[C@H]([C@@H](C)CC)N(C)C(=O)C2(CCCC2)NC(=O)[C@@H](Cc2ccccc2)N(C)C(=O)[C@H](CCc2cc(F)c(C(F)(F)F)c(F)c2)NC(=O)CN(C)C(=O)[C@H](Cc2ccc(C(F)(F)F)cc2)N(C)C(=O)[C@@H]2CCN2C(=O)[C@H](C)N(C)C1=O. The molecule has 3 heterocycles. The standard InChI is InChI=1S/C76H104F8N12O12/c1-14-44(3)62-71(106)90(9)47(6)66(101)96-37-32-55(96)69(104)92(11)57(41-49-26-29-51(30-27-49)75(79,80)81)68(103)88(7)43-59(97)85-54(31-28-50-38-52(77)61(53(78)39-50)76(82,83)84)67(102)91(10)56(40-48-24-18-16-19-25-48)65(100)87-74(33-20-21-34-74)73(108)94(13)63(45(4)15-2)72(107)93(12)58(70(105)95-35-22-17-23-36-95)42-60(98)89(8)46(5)64(99)86-62/h16,18-19,24-27,29-30,38-39,44-47,54-58,62-63,70,105H,14-15,17,20-23,28,31-37,40-43H2,1-13H3,(H,85,97)(H,86,99)(H,87,100)/t44-,45-,46-,47-,54-,55-,56+,57-,58-,62-,63-,70?/m0/s1. The van der Waals surface area contributed by atoms with E-state index >= 15 is 32.8 Å². The first kappa shape index (κ1) is 86.4. The van der Waals surface area contributed by atoms with Gasteiger partial charge >= 0.3 is 12.4 Å². The van der Waals surface area contributed by atoms with Crippen LogP contribution in [-0.2, 0) is 84.4 Å². The Kier molecular flexibility index (Phi) is 29.3. The smallest absolute Gasteiger partial charge is 0.376 e. The molecule has 24 nitrogen and oxygen atoms in total. The van der Waals surface area contributed by atoms with Crippen LogP contribution in [-0.4, -0.2) is 256 Å². The molecule has 1 unspecified atom stereocenters. The molecule has 3 aromatic carbocycles. The molecule has 4 fully saturated rings. The summed E-state index contributed by atoms with van der Waals surface area (Å²) in [6.07, 6.45) is -10.5. The third kappa shape index (κ3) is 20.2. The lowest BCUT2D eigenvalue weighted by molar-refractivity contribution is -0.160. The fourth-order valence-electron chi connectivity index (χ4n) is 14.7. The lowest BCUT2D eigenvalue weighted by Crippen LogP contribution is -2.66. The summed E-state index contributed by atoms with van der Waals surface area (Å²) in [4.78, 5) is 176. The third-order valence-electron chi connectivity index (χ3n) is 22.4. The Balaban J connectivity index is 1.34. The number of aliphatic hydroxyl groups is 1. The topological polar surface area (TPSA) is 273 Å². The monoisotopic (exact) mass is 1530 g/mol. The van der Waals surface area contributed by atoms with E-state index in [1.807, 2.05) is 0 Å². The normalized spacial score (nSPS) is 25.9. The van der Waals surface area contributed by atoms with Crippen molar-refractivity contribution in [3.8, 4) is 0 Å². The second-order valence-corrected chi connectivity index (χ2v) is 29.6. The van der Waals surface area contributed by atoms with Crippen LogP contribution in [0.25, 0.3) is 0 Å². The minimum Gasteiger partial charge on any atom is -0.376 e. The van der Waals surface area contributed by atoms with E-state index in [2.05, 4.69) is 16.0 Å². The van der Waals surface area contributed by atoms with Gasteiger partial charge in [-0.2, -0.15) is 26.3 Å². The molecule has 12 atom stereocenters. The molecule has 1 aliphatic carbocycles. The van der Waals surface area contributed by atoms with Crippen LogP contribution in [0.15, 0.2) is 66.7 Å². The van der Waals surface area contributed by atoms with E-state index in [1.54, 1.807) is 62.9 Å². The van der Waals surface area contributed by atoms with E-state index in [1.165, 1.54) is 70.8 Å². The van der Waals surface area contributed by atoms with Gasteiger partial charge in [-0.05, 0) is 112 Å². The molecule has 4 N–H and O–H groups in total. The molecule has 0 radical (unpaired) electrons. The van der Waals surface area contributed by atoms with Crippen molar-refractivity contribution in [2.24, 2.45) is 11.8 Å². The second kappa shape index (κ2) is 36.6. The summed E-state index contributed by atoms with van der Waals surface area (Å²) in [6.45, 7) is 9.63. The summed E-state index contributed by atoms with van der Waals surface area (Å²) in [7, 11) is 9.01. The summed E-state index contributed by atoms with van der Waals surface area (Å²) in [5.41, 5.74) is -4.83. The Labute approximate surface area is 625 Å². The zero-order chi connectivity index (χ0) is 80.4. The van der Waals surface area contributed by atoms with Gasteiger partial charge in [0.15, 0.2) is 0 Å². The van der Waals surface area contributed by atoms with Gasteiger partial charge in [-0.1, -0.05) is 102 Å². The van der Waals surface area contributed by atoms with Gasteiger partial charge in [-0.15, -0.1) is 0 Å². The Bertz CT molecular complexity index is 3710. The first-order valence-corrected chi connectivity index (χ1v) is 36.8. The highest BCUT2D eigenvalue weighted by Crippen LogP contribution is 2.37. The number of likely N-dealkylation sites (N-methyl/N-ethyl adjacent to an activating group) is 7. The van der Waals surface area contributed by atoms with Crippen LogP contribution in [0.4, 0.5) is 35.1 Å². The van der Waals surface area contributed by atoms with Gasteiger partial charge in [0.1, 0.15) is 77.3 Å². The maximum absolute atomic E-state index is 15.7. The highest BCUT2D eigenvalue weighted by Gasteiger charge is 2.51. The zero-order valence-corrected chi connectivity index (χ0v) is 63.7. The molecule has 596 valence electrons. The maximum atomic E-state index is 15.7. The number of carbonyl (C=O) groups excluding carboxylic acids is 11. The van der Waals surface area contributed by atoms with Crippen LogP contribution in [0.3, 0.4) is 0 Å². The number of rotatable bonds is 13. The molecule has 0 aromatic heterocycles. The van der Waals surface area contributed by atoms with Gasteiger partial charge in [-0.3, -0.25) is 57.6 Å². The van der Waals surface area contributed by atoms with E-state index < -0.39 is 216 Å². The minimum atomic E-state index is -5.46. The molecule has 32 heteroatoms. The quantitative estimate of drug-likeness (QED) is 0.139. The number of aryl methyl sites for hydroxylation is 1. The number of likely N-dealkylation sites (tertiary alicyclic amines) is 1. The summed E-state index contributed by atoms with van der Waals surface area (Å²) in [5, 5.41) is 20.7. The average Bonchev–Trinajstić information content (AvgIpc) is 1.70. The van der Waals surface area contributed by atoms with Gasteiger partial charge < -0.3 is 60.3 Å². The molecular formula is C76H104F8N12O12. The molecule has 3 aliphatic heterocycles. The first-order valence-electron chi connectivity index (χ1n) is 36.8. The zero-order valence-electron chi connectivity index (χ0n) is 63.7. The maximum Gasteiger partial charge on any atom is 0.422 e. The van der Waals surface area contributed by atoms with E-state index in [-0.39, 0.29) is 37.8 Å². The van der Waals surface area contributed by atoms with E-state index in [0.29, 0.717) is 69.3 Å². The number of hydrogen-bond donors (Lipinski definition) is 4. The molecule has 108 heavy (non-hydrogen) atoms. The molecule has 3 saturated heterocycles. The number of aliphatic hydroxyl groups excluding tert-OH is 1. The van der Waals surface area contributed by atoms with E-state index in [9.17, 15) is 60.2 Å². The van der Waals surface area contributed by atoms with E-state index in [4.69, 9.17) is 0 Å². The van der Waals surface area contributed by atoms with E-state index in [0.717, 1.165) is 62.2 Å². The fraction of sp³-hybridized carbons (Fsp3) is 0.618. The minimum absolute atomic E-state index is 0.0252. The number of fused-ring (bicyclic) bond motifs is 1. The number of alkyl halides is 6. The summed E-state index contributed by atoms with van der Waals surface area (Å²) in [5.74, 6) is -14.5. The van der Waals surface area contributed by atoms with Gasteiger partial charge in [-0.25, -0.2) is 8.78 Å². The summed E-state index contributed by atoms with van der Waals surface area (Å²) >= 11 is 0. The Morgan fingerprint density at radius 2 is 1.13 bits per heavy atom. The molecular weight excluding hydrogens is 1420 g/mol. The van der Waals surface area contributed by atoms with Crippen LogP contribution in [0.1, 0.15) is 146 Å².